The van der Waals surface area contributed by atoms with Gasteiger partial charge in [0, 0.05) is 17.1 Å². The lowest BCUT2D eigenvalue weighted by Crippen LogP contribution is -1.98. The van der Waals surface area contributed by atoms with Crippen LogP contribution in [-0.2, 0) is 6.54 Å². The zero-order chi connectivity index (χ0) is 9.97. The Bertz CT molecular complexity index is 423. The third-order valence-corrected chi connectivity index (χ3v) is 3.13. The van der Waals surface area contributed by atoms with E-state index in [4.69, 9.17) is 17.3 Å². The Morgan fingerprint density at radius 2 is 2.14 bits per heavy atom. The Balaban J connectivity index is 2.61. The molecule has 1 aromatic carbocycles. The van der Waals surface area contributed by atoms with Crippen molar-refractivity contribution in [2.75, 3.05) is 0 Å². The van der Waals surface area contributed by atoms with Gasteiger partial charge >= 0.3 is 0 Å². The summed E-state index contributed by atoms with van der Waals surface area (Å²) in [6, 6.07) is 7.90. The molecule has 0 aliphatic rings. The van der Waals surface area contributed by atoms with Gasteiger partial charge in [-0.25, -0.2) is 0 Å². The first-order chi connectivity index (χ1) is 6.83. The minimum atomic E-state index is 0.520. The molecule has 1 aromatic heterocycles. The van der Waals surface area contributed by atoms with E-state index in [2.05, 4.69) is 11.4 Å². The van der Waals surface area contributed by atoms with Crippen LogP contribution >= 0.6 is 22.9 Å². The van der Waals surface area contributed by atoms with E-state index in [1.807, 2.05) is 23.6 Å². The predicted molar refractivity (Wildman–Crippen MR) is 62.7 cm³/mol. The maximum Gasteiger partial charge on any atom is 0.0487 e. The fourth-order valence-corrected chi connectivity index (χ4v) is 2.42. The van der Waals surface area contributed by atoms with Crippen LogP contribution in [0, 0.1) is 0 Å². The van der Waals surface area contributed by atoms with E-state index in [1.54, 1.807) is 11.3 Å². The van der Waals surface area contributed by atoms with Crippen molar-refractivity contribution in [3.8, 4) is 11.1 Å². The van der Waals surface area contributed by atoms with Crippen LogP contribution in [0.1, 0.15) is 5.56 Å². The molecule has 0 saturated carbocycles. The molecule has 0 aliphatic carbocycles. The molecule has 0 fully saturated rings. The van der Waals surface area contributed by atoms with Gasteiger partial charge in [0.05, 0.1) is 0 Å². The second kappa shape index (κ2) is 4.13. The molecule has 2 rings (SSSR count). The topological polar surface area (TPSA) is 26.0 Å². The van der Waals surface area contributed by atoms with Crippen molar-refractivity contribution >= 4 is 22.9 Å². The van der Waals surface area contributed by atoms with Crippen molar-refractivity contribution in [2.24, 2.45) is 5.73 Å². The molecule has 0 aliphatic heterocycles. The van der Waals surface area contributed by atoms with Crippen LogP contribution < -0.4 is 5.73 Å². The van der Waals surface area contributed by atoms with Crippen molar-refractivity contribution in [3.05, 3.63) is 45.6 Å². The van der Waals surface area contributed by atoms with Crippen LogP contribution in [0.15, 0.2) is 35.0 Å². The second-order valence-corrected chi connectivity index (χ2v) is 4.18. The van der Waals surface area contributed by atoms with Crippen molar-refractivity contribution in [1.29, 1.82) is 0 Å². The zero-order valence-corrected chi connectivity index (χ0v) is 9.11. The molecular formula is C11H10ClNS. The highest BCUT2D eigenvalue weighted by Gasteiger charge is 2.07. The first kappa shape index (κ1) is 9.71. The molecule has 0 radical (unpaired) electrons. The Morgan fingerprint density at radius 1 is 1.29 bits per heavy atom. The largest absolute Gasteiger partial charge is 0.326 e. The second-order valence-electron chi connectivity index (χ2n) is 2.99. The van der Waals surface area contributed by atoms with E-state index in [9.17, 15) is 0 Å². The molecule has 0 spiro atoms. The van der Waals surface area contributed by atoms with E-state index >= 15 is 0 Å². The molecule has 1 heterocycles. The van der Waals surface area contributed by atoms with Crippen LogP contribution in [0.4, 0.5) is 0 Å². The number of rotatable bonds is 2. The predicted octanol–water partition coefficient (Wildman–Crippen LogP) is 3.53. The monoisotopic (exact) mass is 223 g/mol. The molecule has 2 N–H and O–H groups in total. The van der Waals surface area contributed by atoms with Gasteiger partial charge in [-0.1, -0.05) is 23.7 Å². The normalized spacial score (nSPS) is 10.4. The van der Waals surface area contributed by atoms with E-state index in [1.165, 1.54) is 0 Å². The number of halogens is 1. The summed E-state index contributed by atoms with van der Waals surface area (Å²) in [6.07, 6.45) is 0. The number of hydrogen-bond acceptors (Lipinski definition) is 2. The van der Waals surface area contributed by atoms with Gasteiger partial charge in [-0.3, -0.25) is 0 Å². The van der Waals surface area contributed by atoms with Crippen molar-refractivity contribution in [1.82, 2.24) is 0 Å². The number of nitrogens with two attached hydrogens (primary N) is 1. The summed E-state index contributed by atoms with van der Waals surface area (Å²) in [5, 5.41) is 4.89. The van der Waals surface area contributed by atoms with Crippen LogP contribution in [0.5, 0.6) is 0 Å². The molecule has 2 aromatic rings. The highest BCUT2D eigenvalue weighted by Crippen LogP contribution is 2.32. The Labute approximate surface area is 92.1 Å². The third kappa shape index (κ3) is 1.69. The smallest absolute Gasteiger partial charge is 0.0487 e. The van der Waals surface area contributed by atoms with Crippen LogP contribution in [0.3, 0.4) is 0 Å². The first-order valence-corrected chi connectivity index (χ1v) is 5.65. The average Bonchev–Trinajstić information content (AvgIpc) is 2.70. The lowest BCUT2D eigenvalue weighted by molar-refractivity contribution is 1.07. The summed E-state index contributed by atoms with van der Waals surface area (Å²) in [5.74, 6) is 0. The van der Waals surface area contributed by atoms with E-state index < -0.39 is 0 Å². The SMILES string of the molecule is NCc1cccc(Cl)c1-c1ccsc1. The van der Waals surface area contributed by atoms with Gasteiger partial charge < -0.3 is 5.73 Å². The van der Waals surface area contributed by atoms with Crippen LogP contribution in [-0.4, -0.2) is 0 Å². The molecule has 0 bridgehead atoms. The van der Waals surface area contributed by atoms with E-state index in [-0.39, 0.29) is 0 Å². The van der Waals surface area contributed by atoms with Crippen LogP contribution in [0.2, 0.25) is 5.02 Å². The Morgan fingerprint density at radius 3 is 2.79 bits per heavy atom. The van der Waals surface area contributed by atoms with Gasteiger partial charge in [0.25, 0.3) is 0 Å². The minimum Gasteiger partial charge on any atom is -0.326 e. The third-order valence-electron chi connectivity index (χ3n) is 2.13. The molecule has 0 atom stereocenters. The first-order valence-electron chi connectivity index (χ1n) is 4.33. The molecule has 0 amide bonds. The highest BCUT2D eigenvalue weighted by atomic mass is 35.5. The van der Waals surface area contributed by atoms with Gasteiger partial charge in [-0.2, -0.15) is 11.3 Å². The van der Waals surface area contributed by atoms with Crippen molar-refractivity contribution < 1.29 is 0 Å². The van der Waals surface area contributed by atoms with Gasteiger partial charge in [0.1, 0.15) is 0 Å². The highest BCUT2D eigenvalue weighted by molar-refractivity contribution is 7.08. The molecule has 1 nitrogen and oxygen atoms in total. The van der Waals surface area contributed by atoms with Crippen molar-refractivity contribution in [3.63, 3.8) is 0 Å². The average molecular weight is 224 g/mol. The molecule has 0 saturated heterocycles. The molecule has 3 heteroatoms. The van der Waals surface area contributed by atoms with Gasteiger partial charge in [0.15, 0.2) is 0 Å². The minimum absolute atomic E-state index is 0.520. The lowest BCUT2D eigenvalue weighted by Gasteiger charge is -2.07. The zero-order valence-electron chi connectivity index (χ0n) is 7.53. The molecule has 0 unspecified atom stereocenters. The van der Waals surface area contributed by atoms with E-state index in [0.717, 1.165) is 21.7 Å². The maximum atomic E-state index is 6.15. The van der Waals surface area contributed by atoms with Gasteiger partial charge in [-0.05, 0) is 34.0 Å². The lowest BCUT2D eigenvalue weighted by atomic mass is 10.0. The van der Waals surface area contributed by atoms with E-state index in [0.29, 0.717) is 6.54 Å². The summed E-state index contributed by atoms with van der Waals surface area (Å²) in [7, 11) is 0. The number of thiophene rings is 1. The summed E-state index contributed by atoms with van der Waals surface area (Å²) in [4.78, 5) is 0. The molecule has 72 valence electrons. The fraction of sp³-hybridized carbons (Fsp3) is 0.0909. The Kier molecular flexibility index (Phi) is 2.87. The molecular weight excluding hydrogens is 214 g/mol. The number of benzene rings is 1. The summed E-state index contributed by atoms with van der Waals surface area (Å²) in [5.41, 5.74) is 8.99. The standard InChI is InChI=1S/C11H10ClNS/c12-10-3-1-2-8(6-13)11(10)9-4-5-14-7-9/h1-5,7H,6,13H2. The maximum absolute atomic E-state index is 6.15. The molecule has 14 heavy (non-hydrogen) atoms. The summed E-state index contributed by atoms with van der Waals surface area (Å²) < 4.78 is 0. The number of hydrogen-bond donors (Lipinski definition) is 1. The van der Waals surface area contributed by atoms with Crippen LogP contribution in [0.25, 0.3) is 11.1 Å². The fourth-order valence-electron chi connectivity index (χ4n) is 1.47. The van der Waals surface area contributed by atoms with Gasteiger partial charge in [0.2, 0.25) is 0 Å². The Hall–Kier alpha value is -0.830. The van der Waals surface area contributed by atoms with Crippen molar-refractivity contribution in [2.45, 2.75) is 6.54 Å². The summed E-state index contributed by atoms with van der Waals surface area (Å²) >= 11 is 7.81. The summed E-state index contributed by atoms with van der Waals surface area (Å²) in [6.45, 7) is 0.520. The van der Waals surface area contributed by atoms with Gasteiger partial charge in [-0.15, -0.1) is 0 Å². The quantitative estimate of drug-likeness (QED) is 0.828.